The number of pyridine rings is 1. The van der Waals surface area contributed by atoms with Gasteiger partial charge in [-0.05, 0) is 36.8 Å². The number of aromatic nitrogens is 4. The Morgan fingerprint density at radius 1 is 1.25 bits per heavy atom. The summed E-state index contributed by atoms with van der Waals surface area (Å²) < 4.78 is 46.0. The van der Waals surface area contributed by atoms with Crippen molar-refractivity contribution in [2.24, 2.45) is 0 Å². The van der Waals surface area contributed by atoms with Crippen LogP contribution < -0.4 is 15.6 Å². The van der Waals surface area contributed by atoms with Gasteiger partial charge in [0.25, 0.3) is 5.56 Å². The number of hydrogen-bond donors (Lipinski definition) is 1. The number of anilines is 2. The van der Waals surface area contributed by atoms with Gasteiger partial charge in [-0.15, -0.1) is 5.10 Å². The minimum Gasteiger partial charge on any atom is -0.497 e. The first-order valence-corrected chi connectivity index (χ1v) is 8.76. The molecule has 0 fully saturated rings. The van der Waals surface area contributed by atoms with E-state index in [1.165, 1.54) is 19.2 Å². The smallest absolute Gasteiger partial charge is 0.418 e. The van der Waals surface area contributed by atoms with Crippen molar-refractivity contribution in [1.82, 2.24) is 19.6 Å². The first kappa shape index (κ1) is 18.2. The molecule has 0 saturated heterocycles. The lowest BCUT2D eigenvalue weighted by molar-refractivity contribution is -0.137. The number of nitrogens with one attached hydrogen (secondary N) is 1. The van der Waals surface area contributed by atoms with Crippen molar-refractivity contribution < 1.29 is 17.9 Å². The Morgan fingerprint density at radius 3 is 2.75 bits per heavy atom. The van der Waals surface area contributed by atoms with Gasteiger partial charge in [0.05, 0.1) is 23.7 Å². The summed E-state index contributed by atoms with van der Waals surface area (Å²) in [6.07, 6.45) is -3.02. The van der Waals surface area contributed by atoms with Crippen LogP contribution in [0.2, 0.25) is 0 Å². The van der Waals surface area contributed by atoms with Gasteiger partial charge in [0.2, 0.25) is 10.1 Å². The summed E-state index contributed by atoms with van der Waals surface area (Å²) in [5.74, 6) is 0.0766. The van der Waals surface area contributed by atoms with Gasteiger partial charge in [-0.25, -0.2) is 4.98 Å². The maximum atomic E-state index is 13.4. The number of ether oxygens (including phenoxy) is 1. The van der Waals surface area contributed by atoms with Gasteiger partial charge in [-0.1, -0.05) is 11.3 Å². The first-order chi connectivity index (χ1) is 13.3. The third-order valence-corrected chi connectivity index (χ3v) is 4.79. The van der Waals surface area contributed by atoms with Crippen LogP contribution in [-0.4, -0.2) is 26.7 Å². The van der Waals surface area contributed by atoms with E-state index >= 15 is 0 Å². The number of alkyl halides is 3. The molecule has 0 aliphatic carbocycles. The predicted octanol–water partition coefficient (Wildman–Crippen LogP) is 3.78. The van der Waals surface area contributed by atoms with E-state index in [2.05, 4.69) is 20.4 Å². The molecular formula is C17H12F3N5O2S. The Labute approximate surface area is 159 Å². The molecule has 0 unspecified atom stereocenters. The molecular weight excluding hydrogens is 395 g/mol. The molecule has 3 aromatic heterocycles. The van der Waals surface area contributed by atoms with Gasteiger partial charge in [-0.2, -0.15) is 22.7 Å². The molecule has 1 N–H and O–H groups in total. The van der Waals surface area contributed by atoms with Crippen LogP contribution in [0.25, 0.3) is 16.0 Å². The third kappa shape index (κ3) is 3.13. The van der Waals surface area contributed by atoms with Gasteiger partial charge in [0.1, 0.15) is 5.75 Å². The van der Waals surface area contributed by atoms with Gasteiger partial charge in [0, 0.05) is 6.20 Å². The maximum Gasteiger partial charge on any atom is 0.418 e. The van der Waals surface area contributed by atoms with E-state index < -0.39 is 17.3 Å². The molecule has 0 amide bonds. The summed E-state index contributed by atoms with van der Waals surface area (Å²) >= 11 is 0.946. The van der Waals surface area contributed by atoms with Crippen molar-refractivity contribution in [3.63, 3.8) is 0 Å². The van der Waals surface area contributed by atoms with Gasteiger partial charge in [0.15, 0.2) is 5.65 Å². The number of fused-ring (bicyclic) bond motifs is 2. The Kier molecular flexibility index (Phi) is 4.18. The number of rotatable bonds is 3. The number of halogens is 3. The summed E-state index contributed by atoms with van der Waals surface area (Å²) in [7, 11) is 1.29. The van der Waals surface area contributed by atoms with Crippen LogP contribution in [0.3, 0.4) is 0 Å². The Morgan fingerprint density at radius 2 is 2.04 bits per heavy atom. The van der Waals surface area contributed by atoms with E-state index in [0.29, 0.717) is 0 Å². The number of benzene rings is 1. The number of hydrogen-bond acceptors (Lipinski definition) is 7. The largest absolute Gasteiger partial charge is 0.497 e. The molecule has 7 nitrogen and oxygen atoms in total. The molecule has 11 heteroatoms. The highest BCUT2D eigenvalue weighted by atomic mass is 32.1. The van der Waals surface area contributed by atoms with Crippen molar-refractivity contribution in [3.8, 4) is 5.75 Å². The quantitative estimate of drug-likeness (QED) is 0.557. The van der Waals surface area contributed by atoms with Crippen LogP contribution in [0, 0.1) is 6.92 Å². The zero-order valence-corrected chi connectivity index (χ0v) is 15.4. The molecule has 144 valence electrons. The summed E-state index contributed by atoms with van der Waals surface area (Å²) in [4.78, 5) is 21.2. The molecule has 0 saturated carbocycles. The Hall–Kier alpha value is -3.21. The van der Waals surface area contributed by atoms with Crippen molar-refractivity contribution in [3.05, 3.63) is 51.9 Å². The molecule has 0 aliphatic rings. The monoisotopic (exact) mass is 407 g/mol. The highest BCUT2D eigenvalue weighted by Crippen LogP contribution is 2.38. The SMILES string of the molecule is COc1ccc(Nc2nn3c(=O)c4cc(C)cnc4nc3s2)c(C(F)(F)F)c1. The Balaban J connectivity index is 1.82. The van der Waals surface area contributed by atoms with Gasteiger partial charge >= 0.3 is 6.18 Å². The van der Waals surface area contributed by atoms with Crippen molar-refractivity contribution in [2.45, 2.75) is 13.1 Å². The molecule has 4 aromatic rings. The minimum atomic E-state index is -4.60. The molecule has 1 aromatic carbocycles. The lowest BCUT2D eigenvalue weighted by atomic mass is 10.1. The fraction of sp³-hybridized carbons (Fsp3) is 0.176. The van der Waals surface area contributed by atoms with Crippen LogP contribution in [0.1, 0.15) is 11.1 Å². The second-order valence-electron chi connectivity index (χ2n) is 5.94. The second kappa shape index (κ2) is 6.44. The van der Waals surface area contributed by atoms with Crippen LogP contribution >= 0.6 is 11.3 Å². The van der Waals surface area contributed by atoms with E-state index in [1.54, 1.807) is 19.2 Å². The first-order valence-electron chi connectivity index (χ1n) is 7.95. The molecule has 28 heavy (non-hydrogen) atoms. The van der Waals surface area contributed by atoms with Crippen molar-refractivity contribution in [1.29, 1.82) is 0 Å². The zero-order chi connectivity index (χ0) is 20.1. The molecule has 0 spiro atoms. The van der Waals surface area contributed by atoms with Crippen LogP contribution in [-0.2, 0) is 6.18 Å². The average molecular weight is 407 g/mol. The fourth-order valence-electron chi connectivity index (χ4n) is 2.66. The molecule has 3 heterocycles. The van der Waals surface area contributed by atoms with Crippen molar-refractivity contribution in [2.75, 3.05) is 12.4 Å². The maximum absolute atomic E-state index is 13.4. The molecule has 0 aliphatic heterocycles. The summed E-state index contributed by atoms with van der Waals surface area (Å²) in [5.41, 5.74) is -0.515. The molecule has 0 bridgehead atoms. The van der Waals surface area contributed by atoms with Crippen LogP contribution in [0.5, 0.6) is 5.75 Å². The molecule has 0 atom stereocenters. The molecule has 0 radical (unpaired) electrons. The fourth-order valence-corrected chi connectivity index (χ4v) is 3.46. The zero-order valence-electron chi connectivity index (χ0n) is 14.5. The summed E-state index contributed by atoms with van der Waals surface area (Å²) in [6.45, 7) is 1.79. The van der Waals surface area contributed by atoms with Gasteiger partial charge in [-0.3, -0.25) is 4.79 Å². The Bertz CT molecular complexity index is 1270. The number of methoxy groups -OCH3 is 1. The van der Waals surface area contributed by atoms with E-state index in [1.807, 2.05) is 0 Å². The van der Waals surface area contributed by atoms with E-state index in [0.717, 1.165) is 27.5 Å². The van der Waals surface area contributed by atoms with Crippen LogP contribution in [0.4, 0.5) is 24.0 Å². The second-order valence-corrected chi connectivity index (χ2v) is 6.89. The van der Waals surface area contributed by atoms with E-state index in [4.69, 9.17) is 4.74 Å². The average Bonchev–Trinajstić information content (AvgIpc) is 3.05. The topological polar surface area (TPSA) is 81.4 Å². The highest BCUT2D eigenvalue weighted by Gasteiger charge is 2.34. The van der Waals surface area contributed by atoms with E-state index in [9.17, 15) is 18.0 Å². The third-order valence-electron chi connectivity index (χ3n) is 3.96. The van der Waals surface area contributed by atoms with E-state index in [-0.39, 0.29) is 32.6 Å². The number of aryl methyl sites for hydroxylation is 1. The summed E-state index contributed by atoms with van der Waals surface area (Å²) in [5, 5.41) is 7.08. The summed E-state index contributed by atoms with van der Waals surface area (Å²) in [6, 6.07) is 5.17. The van der Waals surface area contributed by atoms with Gasteiger partial charge < -0.3 is 10.1 Å². The molecule has 4 rings (SSSR count). The normalized spacial score (nSPS) is 11.9. The number of nitrogens with zero attached hydrogens (tertiary/aromatic N) is 4. The standard InChI is InChI=1S/C17H12F3N5O2S/c1-8-5-10-13(21-7-8)23-16-25(14(10)26)24-15(28-16)22-12-4-3-9(27-2)6-11(12)17(18,19)20/h3-7H,1-2H3,(H,22,24). The highest BCUT2D eigenvalue weighted by molar-refractivity contribution is 7.20. The lowest BCUT2D eigenvalue weighted by Crippen LogP contribution is -2.16. The van der Waals surface area contributed by atoms with Crippen molar-refractivity contribution >= 4 is 38.2 Å². The minimum absolute atomic E-state index is 0.0766. The lowest BCUT2D eigenvalue weighted by Gasteiger charge is -2.14. The van der Waals surface area contributed by atoms with Crippen LogP contribution in [0.15, 0.2) is 35.3 Å². The predicted molar refractivity (Wildman–Crippen MR) is 98.5 cm³/mol.